The molecule has 0 spiro atoms. The van der Waals surface area contributed by atoms with Crippen LogP contribution >= 0.6 is 0 Å². The Morgan fingerprint density at radius 3 is 2.50 bits per heavy atom. The second-order valence-electron chi connectivity index (χ2n) is 9.79. The van der Waals surface area contributed by atoms with Gasteiger partial charge in [0.1, 0.15) is 0 Å². The van der Waals surface area contributed by atoms with E-state index < -0.39 is 0 Å². The van der Waals surface area contributed by atoms with Gasteiger partial charge in [-0.1, -0.05) is 30.3 Å². The number of methoxy groups -OCH3 is 2. The minimum absolute atomic E-state index is 0.111. The number of hydrogen-bond donors (Lipinski definition) is 2. The molecule has 174 valence electrons. The Kier molecular flexibility index (Phi) is 5.20. The molecule has 0 unspecified atom stereocenters. The highest BCUT2D eigenvalue weighted by molar-refractivity contribution is 6.05. The maximum Gasteiger partial charge on any atom is 0.255 e. The summed E-state index contributed by atoms with van der Waals surface area (Å²) in [6.07, 6.45) is 3.93. The van der Waals surface area contributed by atoms with Crippen molar-refractivity contribution in [3.63, 3.8) is 0 Å². The van der Waals surface area contributed by atoms with E-state index in [2.05, 4.69) is 53.1 Å². The Hall–Kier alpha value is -3.47. The maximum atomic E-state index is 13.2. The maximum absolute atomic E-state index is 13.2. The van der Waals surface area contributed by atoms with E-state index in [0.29, 0.717) is 46.5 Å². The van der Waals surface area contributed by atoms with E-state index >= 15 is 0 Å². The summed E-state index contributed by atoms with van der Waals surface area (Å²) in [7, 11) is 3.19. The lowest BCUT2D eigenvalue weighted by atomic mass is 9.68. The molecule has 2 fully saturated rings. The van der Waals surface area contributed by atoms with Crippen molar-refractivity contribution in [1.29, 1.82) is 0 Å². The van der Waals surface area contributed by atoms with Crippen molar-refractivity contribution in [2.75, 3.05) is 24.9 Å². The summed E-state index contributed by atoms with van der Waals surface area (Å²) < 4.78 is 10.7. The highest BCUT2D eigenvalue weighted by atomic mass is 16.5. The first-order valence-corrected chi connectivity index (χ1v) is 12.1. The number of ether oxygens (including phenoxy) is 2. The summed E-state index contributed by atoms with van der Waals surface area (Å²) >= 11 is 0. The standard InChI is InChI=1S/C29H30N2O3/c1-33-24-13-11-21(16-25(24)34-2)30-29(32)20-10-12-23-22(15-20)26-18-8-9-19(14-18)27(26)28(31-23)17-6-4-3-5-7-17/h3-7,10-13,15-16,18-19,26-28,31H,8-9,14H2,1-2H3,(H,30,32)/t18-,19-,26-,27+,28+/m0/s1. The average Bonchev–Trinajstić information content (AvgIpc) is 3.51. The lowest BCUT2D eigenvalue weighted by Gasteiger charge is -2.43. The molecule has 2 aliphatic carbocycles. The van der Waals surface area contributed by atoms with E-state index in [1.165, 1.54) is 36.1 Å². The molecule has 2 bridgehead atoms. The minimum atomic E-state index is -0.111. The highest BCUT2D eigenvalue weighted by Gasteiger charge is 2.53. The van der Waals surface area contributed by atoms with Crippen molar-refractivity contribution < 1.29 is 14.3 Å². The fraction of sp³-hybridized carbons (Fsp3) is 0.345. The quantitative estimate of drug-likeness (QED) is 0.478. The van der Waals surface area contributed by atoms with Crippen molar-refractivity contribution in [2.24, 2.45) is 17.8 Å². The van der Waals surface area contributed by atoms with Gasteiger partial charge in [-0.3, -0.25) is 4.79 Å². The Labute approximate surface area is 200 Å². The van der Waals surface area contributed by atoms with E-state index in [1.807, 2.05) is 12.1 Å². The number of fused-ring (bicyclic) bond motifs is 7. The zero-order valence-electron chi connectivity index (χ0n) is 19.6. The molecular formula is C29H30N2O3. The molecular weight excluding hydrogens is 424 g/mol. The topological polar surface area (TPSA) is 59.6 Å². The smallest absolute Gasteiger partial charge is 0.255 e. The van der Waals surface area contributed by atoms with Gasteiger partial charge in [-0.15, -0.1) is 0 Å². The largest absolute Gasteiger partial charge is 0.493 e. The number of benzene rings is 3. The van der Waals surface area contributed by atoms with Crippen molar-refractivity contribution in [3.05, 3.63) is 83.4 Å². The molecule has 1 aliphatic heterocycles. The van der Waals surface area contributed by atoms with Crippen LogP contribution in [0.2, 0.25) is 0 Å². The van der Waals surface area contributed by atoms with Gasteiger partial charge in [-0.2, -0.15) is 0 Å². The van der Waals surface area contributed by atoms with E-state index in [0.717, 1.165) is 5.92 Å². The summed E-state index contributed by atoms with van der Waals surface area (Å²) in [5, 5.41) is 6.88. The number of nitrogens with one attached hydrogen (secondary N) is 2. The first-order chi connectivity index (χ1) is 16.7. The Morgan fingerprint density at radius 1 is 0.912 bits per heavy atom. The number of amides is 1. The van der Waals surface area contributed by atoms with Gasteiger partial charge in [0.25, 0.3) is 5.91 Å². The average molecular weight is 455 g/mol. The monoisotopic (exact) mass is 454 g/mol. The van der Waals surface area contributed by atoms with Gasteiger partial charge >= 0.3 is 0 Å². The lowest BCUT2D eigenvalue weighted by molar-refractivity contribution is 0.102. The van der Waals surface area contributed by atoms with Gasteiger partial charge in [0.2, 0.25) is 0 Å². The summed E-state index contributed by atoms with van der Waals surface area (Å²) in [5.74, 6) is 3.67. The van der Waals surface area contributed by atoms with Gasteiger partial charge in [0.05, 0.1) is 20.3 Å². The molecule has 1 amide bonds. The zero-order chi connectivity index (χ0) is 23.2. The molecule has 3 aromatic carbocycles. The number of hydrogen-bond acceptors (Lipinski definition) is 4. The molecule has 34 heavy (non-hydrogen) atoms. The predicted molar refractivity (Wildman–Crippen MR) is 134 cm³/mol. The number of anilines is 2. The fourth-order valence-corrected chi connectivity index (χ4v) is 6.73. The Bertz CT molecular complexity index is 1230. The van der Waals surface area contributed by atoms with Crippen LogP contribution in [0.3, 0.4) is 0 Å². The van der Waals surface area contributed by atoms with Crippen LogP contribution in [0.15, 0.2) is 66.7 Å². The molecule has 6 rings (SSSR count). The van der Waals surface area contributed by atoms with Crippen molar-refractivity contribution in [2.45, 2.75) is 31.2 Å². The SMILES string of the molecule is COc1ccc(NC(=O)c2ccc3c(c2)[C@@H]2[C@H]4CC[C@@H](C4)[C@H]2[C@@H](c2ccccc2)N3)cc1OC. The highest BCUT2D eigenvalue weighted by Crippen LogP contribution is 2.63. The first-order valence-electron chi connectivity index (χ1n) is 12.1. The van der Waals surface area contributed by atoms with Crippen molar-refractivity contribution in [1.82, 2.24) is 0 Å². The Morgan fingerprint density at radius 2 is 1.71 bits per heavy atom. The number of carbonyl (C=O) groups excluding carboxylic acids is 1. The normalized spacial score (nSPS) is 26.2. The lowest BCUT2D eigenvalue weighted by Crippen LogP contribution is -2.35. The number of rotatable bonds is 5. The van der Waals surface area contributed by atoms with Gasteiger partial charge < -0.3 is 20.1 Å². The zero-order valence-corrected chi connectivity index (χ0v) is 19.6. The molecule has 0 radical (unpaired) electrons. The van der Waals surface area contributed by atoms with Gasteiger partial charge in [-0.05, 0) is 84.4 Å². The van der Waals surface area contributed by atoms with Crippen molar-refractivity contribution in [3.8, 4) is 11.5 Å². The van der Waals surface area contributed by atoms with E-state index in [1.54, 1.807) is 26.4 Å². The Balaban J connectivity index is 1.31. The molecule has 1 heterocycles. The molecule has 5 nitrogen and oxygen atoms in total. The van der Waals surface area contributed by atoms with Crippen LogP contribution in [0.25, 0.3) is 0 Å². The van der Waals surface area contributed by atoms with Crippen LogP contribution in [0.5, 0.6) is 11.5 Å². The summed E-state index contributed by atoms with van der Waals surface area (Å²) in [5.41, 5.74) is 5.22. The second kappa shape index (κ2) is 8.39. The third kappa shape index (κ3) is 3.42. The summed E-state index contributed by atoms with van der Waals surface area (Å²) in [4.78, 5) is 13.2. The van der Waals surface area contributed by atoms with Crippen LogP contribution < -0.4 is 20.1 Å². The minimum Gasteiger partial charge on any atom is -0.493 e. The van der Waals surface area contributed by atoms with Crippen molar-refractivity contribution >= 4 is 17.3 Å². The van der Waals surface area contributed by atoms with Gasteiger partial charge in [-0.25, -0.2) is 0 Å². The third-order valence-electron chi connectivity index (χ3n) is 8.15. The molecule has 2 N–H and O–H groups in total. The summed E-state index contributed by atoms with van der Waals surface area (Å²) in [6, 6.07) is 22.7. The van der Waals surface area contributed by atoms with Crippen LogP contribution in [0.4, 0.5) is 11.4 Å². The summed E-state index contributed by atoms with van der Waals surface area (Å²) in [6.45, 7) is 0. The predicted octanol–water partition coefficient (Wildman–Crippen LogP) is 6.25. The molecule has 0 saturated heterocycles. The van der Waals surface area contributed by atoms with Gasteiger partial charge in [0, 0.05) is 23.0 Å². The second-order valence-corrected chi connectivity index (χ2v) is 9.79. The third-order valence-corrected chi connectivity index (χ3v) is 8.15. The molecule has 0 aromatic heterocycles. The van der Waals surface area contributed by atoms with Crippen LogP contribution in [0.1, 0.15) is 52.7 Å². The van der Waals surface area contributed by atoms with Crippen LogP contribution in [-0.4, -0.2) is 20.1 Å². The molecule has 5 atom stereocenters. The fourth-order valence-electron chi connectivity index (χ4n) is 6.73. The number of carbonyl (C=O) groups is 1. The van der Waals surface area contributed by atoms with Crippen LogP contribution in [0, 0.1) is 17.8 Å². The van der Waals surface area contributed by atoms with Crippen LogP contribution in [-0.2, 0) is 0 Å². The molecule has 3 aromatic rings. The molecule has 3 aliphatic rings. The molecule has 5 heteroatoms. The first kappa shape index (κ1) is 21.1. The van der Waals surface area contributed by atoms with E-state index in [-0.39, 0.29) is 5.91 Å². The van der Waals surface area contributed by atoms with E-state index in [9.17, 15) is 4.79 Å². The van der Waals surface area contributed by atoms with Gasteiger partial charge in [0.15, 0.2) is 11.5 Å². The molecule has 2 saturated carbocycles. The van der Waals surface area contributed by atoms with E-state index in [4.69, 9.17) is 9.47 Å².